The molecule has 0 radical (unpaired) electrons. The molecular weight excluding hydrogens is 352 g/mol. The minimum absolute atomic E-state index is 0.269. The first kappa shape index (κ1) is 17.9. The molecule has 0 amide bonds. The van der Waals surface area contributed by atoms with E-state index in [0.29, 0.717) is 19.0 Å². The van der Waals surface area contributed by atoms with Crippen molar-refractivity contribution in [2.75, 3.05) is 19.6 Å². The van der Waals surface area contributed by atoms with E-state index in [1.807, 2.05) is 30.3 Å². The van der Waals surface area contributed by atoms with Gasteiger partial charge >= 0.3 is 11.1 Å². The maximum absolute atomic E-state index is 12.8. The normalized spacial score (nSPS) is 25.0. The SMILES string of the molecule is O=c1c(=O)n2c(nn1Cc1ccccc1)[C@@H]1CN(CC3CCCC3)CC[C@@H]1C2. The van der Waals surface area contributed by atoms with Gasteiger partial charge in [0.25, 0.3) is 0 Å². The molecule has 3 heterocycles. The molecule has 6 heteroatoms. The van der Waals surface area contributed by atoms with Crippen LogP contribution in [0.3, 0.4) is 0 Å². The third-order valence-corrected chi connectivity index (χ3v) is 6.92. The Bertz CT molecular complexity index is 959. The number of benzene rings is 1. The highest BCUT2D eigenvalue weighted by atomic mass is 16.2. The van der Waals surface area contributed by atoms with Crippen LogP contribution in [0.5, 0.6) is 0 Å². The van der Waals surface area contributed by atoms with Crippen LogP contribution in [0.2, 0.25) is 0 Å². The second-order valence-electron chi connectivity index (χ2n) is 8.79. The molecule has 148 valence electrons. The number of aromatic nitrogens is 3. The summed E-state index contributed by atoms with van der Waals surface area (Å²) < 4.78 is 3.04. The minimum Gasteiger partial charge on any atom is -0.302 e. The number of piperidine rings is 1. The molecule has 1 aromatic carbocycles. The standard InChI is InChI=1S/C22H28N4O2/c27-21-22(28)26(13-17-6-2-1-3-7-17)23-20-19-15-24(12-16-8-4-5-9-16)11-10-18(19)14-25(20)21/h1-3,6-7,16,18-19H,4-5,8-15H2/t18-,19-/m1/s1. The van der Waals surface area contributed by atoms with E-state index in [9.17, 15) is 9.59 Å². The van der Waals surface area contributed by atoms with Crippen molar-refractivity contribution >= 4 is 0 Å². The summed E-state index contributed by atoms with van der Waals surface area (Å²) in [5.41, 5.74) is 0.0780. The lowest BCUT2D eigenvalue weighted by molar-refractivity contribution is 0.144. The van der Waals surface area contributed by atoms with Gasteiger partial charge in [-0.15, -0.1) is 0 Å². The molecule has 2 aromatic rings. The Hall–Kier alpha value is -2.21. The van der Waals surface area contributed by atoms with Crippen LogP contribution in [-0.2, 0) is 13.1 Å². The number of hydrogen-bond donors (Lipinski definition) is 0. The van der Waals surface area contributed by atoms with Gasteiger partial charge in [0, 0.05) is 25.6 Å². The van der Waals surface area contributed by atoms with Crippen molar-refractivity contribution in [1.82, 2.24) is 19.2 Å². The summed E-state index contributed by atoms with van der Waals surface area (Å²) in [6.45, 7) is 4.26. The van der Waals surface area contributed by atoms with Crippen LogP contribution < -0.4 is 11.1 Å². The van der Waals surface area contributed by atoms with Gasteiger partial charge in [-0.05, 0) is 43.2 Å². The second kappa shape index (κ2) is 7.32. The van der Waals surface area contributed by atoms with Gasteiger partial charge in [0.15, 0.2) is 0 Å². The molecule has 1 saturated carbocycles. The first-order valence-corrected chi connectivity index (χ1v) is 10.7. The average Bonchev–Trinajstić information content (AvgIpc) is 3.35. The van der Waals surface area contributed by atoms with E-state index in [4.69, 9.17) is 5.10 Å². The van der Waals surface area contributed by atoms with E-state index in [2.05, 4.69) is 4.90 Å². The number of nitrogens with zero attached hydrogens (tertiary/aromatic N) is 4. The summed E-state index contributed by atoms with van der Waals surface area (Å²) in [6.07, 6.45) is 6.55. The van der Waals surface area contributed by atoms with Crippen molar-refractivity contribution < 1.29 is 0 Å². The molecule has 1 saturated heterocycles. The molecule has 3 aliphatic rings. The molecular formula is C22H28N4O2. The highest BCUT2D eigenvalue weighted by Gasteiger charge is 2.40. The first-order valence-electron chi connectivity index (χ1n) is 10.7. The summed E-state index contributed by atoms with van der Waals surface area (Å²) in [5.74, 6) is 2.36. The molecule has 0 spiro atoms. The number of fused-ring (bicyclic) bond motifs is 3. The number of rotatable bonds is 4. The maximum Gasteiger partial charge on any atom is 0.332 e. The summed E-state index contributed by atoms with van der Waals surface area (Å²) in [7, 11) is 0. The molecule has 0 unspecified atom stereocenters. The Morgan fingerprint density at radius 2 is 1.75 bits per heavy atom. The van der Waals surface area contributed by atoms with Crippen molar-refractivity contribution in [3.8, 4) is 0 Å². The number of hydrogen-bond acceptors (Lipinski definition) is 4. The molecule has 0 N–H and O–H groups in total. The molecule has 2 fully saturated rings. The van der Waals surface area contributed by atoms with E-state index >= 15 is 0 Å². The predicted octanol–water partition coefficient (Wildman–Crippen LogP) is 2.06. The summed E-state index contributed by atoms with van der Waals surface area (Å²) in [4.78, 5) is 27.9. The molecule has 1 aliphatic carbocycles. The second-order valence-corrected chi connectivity index (χ2v) is 8.79. The lowest BCUT2D eigenvalue weighted by Crippen LogP contribution is -2.44. The Kier molecular flexibility index (Phi) is 4.67. The fourth-order valence-electron chi connectivity index (χ4n) is 5.40. The fourth-order valence-corrected chi connectivity index (χ4v) is 5.40. The van der Waals surface area contributed by atoms with E-state index in [0.717, 1.165) is 36.8 Å². The Balaban J connectivity index is 1.42. The quantitative estimate of drug-likeness (QED) is 0.762. The van der Waals surface area contributed by atoms with Crippen LogP contribution in [-0.4, -0.2) is 38.9 Å². The molecule has 5 rings (SSSR count). The van der Waals surface area contributed by atoms with Crippen LogP contribution >= 0.6 is 0 Å². The maximum atomic E-state index is 12.8. The van der Waals surface area contributed by atoms with Crippen molar-refractivity contribution in [3.63, 3.8) is 0 Å². The average molecular weight is 380 g/mol. The van der Waals surface area contributed by atoms with E-state index in [-0.39, 0.29) is 5.92 Å². The third-order valence-electron chi connectivity index (χ3n) is 6.92. The van der Waals surface area contributed by atoms with Gasteiger partial charge in [-0.25, -0.2) is 4.68 Å². The Morgan fingerprint density at radius 1 is 0.964 bits per heavy atom. The third kappa shape index (κ3) is 3.24. The molecule has 2 aliphatic heterocycles. The van der Waals surface area contributed by atoms with Gasteiger partial charge < -0.3 is 4.90 Å². The van der Waals surface area contributed by atoms with Crippen LogP contribution in [0.1, 0.15) is 49.4 Å². The van der Waals surface area contributed by atoms with Gasteiger partial charge in [-0.2, -0.15) is 5.10 Å². The van der Waals surface area contributed by atoms with Crippen molar-refractivity contribution in [1.29, 1.82) is 0 Å². The van der Waals surface area contributed by atoms with Gasteiger partial charge in [0.2, 0.25) is 0 Å². The smallest absolute Gasteiger partial charge is 0.302 e. The van der Waals surface area contributed by atoms with Crippen LogP contribution in [0.4, 0.5) is 0 Å². The lowest BCUT2D eigenvalue weighted by Gasteiger charge is -2.35. The van der Waals surface area contributed by atoms with E-state index in [1.165, 1.54) is 36.9 Å². The monoisotopic (exact) mass is 380 g/mol. The highest BCUT2D eigenvalue weighted by molar-refractivity contribution is 5.15. The molecule has 2 atom stereocenters. The van der Waals surface area contributed by atoms with Gasteiger partial charge in [-0.1, -0.05) is 43.2 Å². The summed E-state index contributed by atoms with van der Waals surface area (Å²) in [6, 6.07) is 9.76. The molecule has 28 heavy (non-hydrogen) atoms. The largest absolute Gasteiger partial charge is 0.332 e. The fraction of sp³-hybridized carbons (Fsp3) is 0.591. The van der Waals surface area contributed by atoms with Crippen LogP contribution in [0.15, 0.2) is 39.9 Å². The van der Waals surface area contributed by atoms with E-state index < -0.39 is 11.1 Å². The van der Waals surface area contributed by atoms with Crippen molar-refractivity contribution in [3.05, 3.63) is 62.4 Å². The van der Waals surface area contributed by atoms with E-state index in [1.54, 1.807) is 4.57 Å². The molecule has 6 nitrogen and oxygen atoms in total. The topological polar surface area (TPSA) is 60.1 Å². The Labute approximate surface area is 164 Å². The molecule has 0 bridgehead atoms. The van der Waals surface area contributed by atoms with Gasteiger partial charge in [0.1, 0.15) is 5.82 Å². The van der Waals surface area contributed by atoms with Crippen molar-refractivity contribution in [2.24, 2.45) is 11.8 Å². The summed E-state index contributed by atoms with van der Waals surface area (Å²) in [5, 5.41) is 4.70. The zero-order chi connectivity index (χ0) is 19.1. The van der Waals surface area contributed by atoms with Gasteiger partial charge in [-0.3, -0.25) is 14.2 Å². The van der Waals surface area contributed by atoms with Crippen molar-refractivity contribution in [2.45, 2.75) is 51.1 Å². The molecule has 1 aromatic heterocycles. The Morgan fingerprint density at radius 3 is 2.54 bits per heavy atom. The lowest BCUT2D eigenvalue weighted by atomic mass is 9.87. The van der Waals surface area contributed by atoms with Crippen LogP contribution in [0, 0.1) is 11.8 Å². The van der Waals surface area contributed by atoms with Crippen LogP contribution in [0.25, 0.3) is 0 Å². The van der Waals surface area contributed by atoms with Gasteiger partial charge in [0.05, 0.1) is 6.54 Å². The minimum atomic E-state index is -0.505. The zero-order valence-corrected chi connectivity index (χ0v) is 16.3. The predicted molar refractivity (Wildman–Crippen MR) is 108 cm³/mol. The zero-order valence-electron chi connectivity index (χ0n) is 16.3. The summed E-state index contributed by atoms with van der Waals surface area (Å²) >= 11 is 0. The number of likely N-dealkylation sites (tertiary alicyclic amines) is 1. The first-order chi connectivity index (χ1) is 13.7. The highest BCUT2D eigenvalue weighted by Crippen LogP contribution is 2.38.